The standard InChI is InChI=1S/C19H17F3N4O6S3/c20-19(21,22)35(30,31)11-3-1-10(2-4-11)7-14(28)26-18-25-13(9-33-18)16-12(5-6-32-17(23)29)24-15(8-27)34-16/h1-4,9,27H,5-8H2,(H2,23,29)(H,25,26,28). The van der Waals surface area contributed by atoms with Gasteiger partial charge in [0.1, 0.15) is 5.01 Å². The van der Waals surface area contributed by atoms with Crippen LogP contribution in [0.15, 0.2) is 34.5 Å². The van der Waals surface area contributed by atoms with Gasteiger partial charge < -0.3 is 20.9 Å². The van der Waals surface area contributed by atoms with Crippen molar-refractivity contribution in [2.45, 2.75) is 29.9 Å². The minimum atomic E-state index is -5.47. The number of carbonyl (C=O) groups is 2. The van der Waals surface area contributed by atoms with Gasteiger partial charge in [-0.3, -0.25) is 4.79 Å². The number of nitrogens with one attached hydrogen (secondary N) is 1. The van der Waals surface area contributed by atoms with Crippen LogP contribution in [0.5, 0.6) is 0 Å². The molecule has 16 heteroatoms. The summed E-state index contributed by atoms with van der Waals surface area (Å²) in [6.07, 6.45) is -0.931. The van der Waals surface area contributed by atoms with Crippen LogP contribution >= 0.6 is 22.7 Å². The molecule has 0 fully saturated rings. The molecule has 0 atom stereocenters. The van der Waals surface area contributed by atoms with Crippen molar-refractivity contribution in [1.82, 2.24) is 9.97 Å². The van der Waals surface area contributed by atoms with E-state index in [2.05, 4.69) is 15.3 Å². The van der Waals surface area contributed by atoms with Crippen molar-refractivity contribution in [2.24, 2.45) is 5.73 Å². The number of benzene rings is 1. The second-order valence-corrected chi connectivity index (χ2v) is 10.7. The molecule has 0 radical (unpaired) electrons. The topological polar surface area (TPSA) is 162 Å². The Morgan fingerprint density at radius 2 is 1.86 bits per heavy atom. The molecule has 10 nitrogen and oxygen atoms in total. The minimum Gasteiger partial charge on any atom is -0.449 e. The number of aromatic nitrogens is 2. The van der Waals surface area contributed by atoms with Gasteiger partial charge in [-0.2, -0.15) is 13.2 Å². The lowest BCUT2D eigenvalue weighted by molar-refractivity contribution is -0.115. The van der Waals surface area contributed by atoms with Crippen LogP contribution in [-0.2, 0) is 38.8 Å². The SMILES string of the molecule is NC(=O)OCCc1nc(CO)sc1-c1csc(NC(=O)Cc2ccc(S(=O)(=O)C(F)(F)F)cc2)n1. The van der Waals surface area contributed by atoms with Crippen LogP contribution in [0.2, 0.25) is 0 Å². The molecule has 35 heavy (non-hydrogen) atoms. The first-order valence-electron chi connectivity index (χ1n) is 9.58. The third-order valence-electron chi connectivity index (χ3n) is 4.35. The van der Waals surface area contributed by atoms with Crippen LogP contribution in [0.1, 0.15) is 16.3 Å². The number of hydrogen-bond donors (Lipinski definition) is 3. The van der Waals surface area contributed by atoms with Gasteiger partial charge in [-0.05, 0) is 17.7 Å². The third kappa shape index (κ3) is 6.53. The zero-order valence-electron chi connectivity index (χ0n) is 17.5. The highest BCUT2D eigenvalue weighted by molar-refractivity contribution is 7.92. The van der Waals surface area contributed by atoms with Gasteiger partial charge in [0.05, 0.1) is 40.8 Å². The van der Waals surface area contributed by atoms with E-state index in [4.69, 9.17) is 10.5 Å². The second kappa shape index (κ2) is 10.7. The third-order valence-corrected chi connectivity index (χ3v) is 7.71. The summed E-state index contributed by atoms with van der Waals surface area (Å²) in [5.74, 6) is -0.521. The minimum absolute atomic E-state index is 0.0201. The smallest absolute Gasteiger partial charge is 0.449 e. The summed E-state index contributed by atoms with van der Waals surface area (Å²) in [5, 5.41) is 14.3. The van der Waals surface area contributed by atoms with E-state index in [0.717, 1.165) is 35.6 Å². The van der Waals surface area contributed by atoms with E-state index in [1.807, 2.05) is 0 Å². The van der Waals surface area contributed by atoms with E-state index in [1.165, 1.54) is 11.3 Å². The summed E-state index contributed by atoms with van der Waals surface area (Å²) >= 11 is 2.29. The molecule has 3 aromatic rings. The number of aliphatic hydroxyl groups excluding tert-OH is 1. The van der Waals surface area contributed by atoms with Crippen LogP contribution < -0.4 is 11.1 Å². The number of ether oxygens (including phenoxy) is 1. The number of alkyl halides is 3. The normalized spacial score (nSPS) is 11.9. The van der Waals surface area contributed by atoms with Crippen molar-refractivity contribution < 1.29 is 41.0 Å². The molecule has 0 spiro atoms. The molecule has 0 unspecified atom stereocenters. The molecule has 0 saturated carbocycles. The Hall–Kier alpha value is -3.08. The number of thiazole rings is 2. The Morgan fingerprint density at radius 1 is 1.17 bits per heavy atom. The Balaban J connectivity index is 1.67. The van der Waals surface area contributed by atoms with Crippen LogP contribution in [-0.4, -0.2) is 47.6 Å². The molecule has 0 aliphatic rings. The highest BCUT2D eigenvalue weighted by atomic mass is 32.2. The number of carbonyl (C=O) groups excluding carboxylic acids is 2. The summed E-state index contributed by atoms with van der Waals surface area (Å²) in [7, 11) is -5.47. The fourth-order valence-corrected chi connectivity index (χ4v) is 5.28. The first-order chi connectivity index (χ1) is 16.4. The number of halogens is 3. The van der Waals surface area contributed by atoms with Gasteiger partial charge in [0.25, 0.3) is 9.84 Å². The Bertz CT molecular complexity index is 1320. The second-order valence-electron chi connectivity index (χ2n) is 6.82. The fourth-order valence-electron chi connectivity index (χ4n) is 2.79. The maximum absolute atomic E-state index is 12.6. The summed E-state index contributed by atoms with van der Waals surface area (Å²) < 4.78 is 65.5. The monoisotopic (exact) mass is 550 g/mol. The first kappa shape index (κ1) is 26.5. The fraction of sp³-hybridized carbons (Fsp3) is 0.263. The average Bonchev–Trinajstić information content (AvgIpc) is 3.39. The van der Waals surface area contributed by atoms with Gasteiger partial charge in [-0.25, -0.2) is 23.2 Å². The molecule has 2 aromatic heterocycles. The molecule has 1 aromatic carbocycles. The number of nitrogens with two attached hydrogens (primary N) is 1. The molecule has 2 amide bonds. The van der Waals surface area contributed by atoms with Crippen molar-refractivity contribution in [2.75, 3.05) is 11.9 Å². The molecular weight excluding hydrogens is 533 g/mol. The lowest BCUT2D eigenvalue weighted by Gasteiger charge is -2.08. The summed E-state index contributed by atoms with van der Waals surface area (Å²) in [5.41, 5.74) is 0.821. The van der Waals surface area contributed by atoms with Crippen molar-refractivity contribution >= 4 is 49.6 Å². The summed E-state index contributed by atoms with van der Waals surface area (Å²) in [6, 6.07) is 3.83. The first-order valence-corrected chi connectivity index (χ1v) is 12.8. The number of nitrogens with zero attached hydrogens (tertiary/aromatic N) is 2. The molecule has 0 aliphatic carbocycles. The lowest BCUT2D eigenvalue weighted by atomic mass is 10.1. The van der Waals surface area contributed by atoms with Crippen molar-refractivity contribution in [3.63, 3.8) is 0 Å². The quantitative estimate of drug-likeness (QED) is 0.366. The van der Waals surface area contributed by atoms with Crippen molar-refractivity contribution in [3.05, 3.63) is 45.9 Å². The maximum Gasteiger partial charge on any atom is 0.501 e. The Labute approximate surface area is 204 Å². The van der Waals surface area contributed by atoms with E-state index in [0.29, 0.717) is 26.8 Å². The van der Waals surface area contributed by atoms with E-state index >= 15 is 0 Å². The van der Waals surface area contributed by atoms with Gasteiger partial charge in [0, 0.05) is 11.8 Å². The van der Waals surface area contributed by atoms with Gasteiger partial charge in [0.2, 0.25) is 5.91 Å². The van der Waals surface area contributed by atoms with Gasteiger partial charge in [-0.15, -0.1) is 22.7 Å². The predicted molar refractivity (Wildman–Crippen MR) is 120 cm³/mol. The van der Waals surface area contributed by atoms with Gasteiger partial charge >= 0.3 is 11.6 Å². The predicted octanol–water partition coefficient (Wildman–Crippen LogP) is 2.87. The largest absolute Gasteiger partial charge is 0.501 e. The Kier molecular flexibility index (Phi) is 8.09. The molecule has 0 aliphatic heterocycles. The summed E-state index contributed by atoms with van der Waals surface area (Å²) in [6.45, 7) is -0.321. The van der Waals surface area contributed by atoms with E-state index in [9.17, 15) is 36.3 Å². The lowest BCUT2D eigenvalue weighted by Crippen LogP contribution is -2.23. The van der Waals surface area contributed by atoms with E-state index in [1.54, 1.807) is 5.38 Å². The summed E-state index contributed by atoms with van der Waals surface area (Å²) in [4.78, 5) is 31.4. The maximum atomic E-state index is 12.6. The number of rotatable bonds is 9. The highest BCUT2D eigenvalue weighted by Gasteiger charge is 2.46. The van der Waals surface area contributed by atoms with Crippen LogP contribution in [0.3, 0.4) is 0 Å². The van der Waals surface area contributed by atoms with Crippen LogP contribution in [0.25, 0.3) is 10.6 Å². The number of amides is 2. The van der Waals surface area contributed by atoms with Crippen molar-refractivity contribution in [1.29, 1.82) is 0 Å². The Morgan fingerprint density at radius 3 is 2.46 bits per heavy atom. The number of sulfone groups is 1. The zero-order valence-corrected chi connectivity index (χ0v) is 20.0. The number of aliphatic hydroxyl groups is 1. The van der Waals surface area contributed by atoms with E-state index < -0.39 is 32.2 Å². The molecule has 0 bridgehead atoms. The number of primary amides is 1. The van der Waals surface area contributed by atoms with Crippen LogP contribution in [0, 0.1) is 0 Å². The van der Waals surface area contributed by atoms with Crippen LogP contribution in [0.4, 0.5) is 23.1 Å². The molecule has 0 saturated heterocycles. The molecular formula is C19H17F3N4O6S3. The molecule has 4 N–H and O–H groups in total. The highest BCUT2D eigenvalue weighted by Crippen LogP contribution is 2.33. The molecule has 2 heterocycles. The number of anilines is 1. The number of hydrogen-bond acceptors (Lipinski definition) is 10. The molecule has 188 valence electrons. The molecule has 3 rings (SSSR count). The van der Waals surface area contributed by atoms with Gasteiger partial charge in [-0.1, -0.05) is 12.1 Å². The van der Waals surface area contributed by atoms with Gasteiger partial charge in [0.15, 0.2) is 5.13 Å². The van der Waals surface area contributed by atoms with Crippen molar-refractivity contribution in [3.8, 4) is 10.6 Å². The zero-order chi connectivity index (χ0) is 25.8. The van der Waals surface area contributed by atoms with E-state index in [-0.39, 0.29) is 31.2 Å². The average molecular weight is 551 g/mol.